The molecule has 0 aliphatic carbocycles. The van der Waals surface area contributed by atoms with Crippen LogP contribution in [-0.2, 0) is 0 Å². The van der Waals surface area contributed by atoms with Crippen molar-refractivity contribution in [3.8, 4) is 23.0 Å². The molecule has 0 bridgehead atoms. The number of benzene rings is 2. The van der Waals surface area contributed by atoms with Gasteiger partial charge in [-0.25, -0.2) is 0 Å². The Kier molecular flexibility index (Phi) is 5.90. The molecule has 20 heavy (non-hydrogen) atoms. The minimum absolute atomic E-state index is 0.0399. The van der Waals surface area contributed by atoms with Crippen molar-refractivity contribution in [2.24, 2.45) is 0 Å². The molecule has 0 spiro atoms. The first-order valence-electron chi connectivity index (χ1n) is 5.76. The number of carbonyl (C=O) groups is 1. The van der Waals surface area contributed by atoms with Crippen LogP contribution in [0.5, 0.6) is 23.0 Å². The van der Waals surface area contributed by atoms with Crippen molar-refractivity contribution in [3.05, 3.63) is 48.0 Å². The summed E-state index contributed by atoms with van der Waals surface area (Å²) in [5, 5.41) is 18.1. The molecule has 2 aromatic rings. The van der Waals surface area contributed by atoms with Gasteiger partial charge in [0.05, 0.1) is 14.2 Å². The molecule has 0 saturated heterocycles. The Labute approximate surface area is 117 Å². The molecule has 5 heteroatoms. The van der Waals surface area contributed by atoms with Crippen molar-refractivity contribution < 1.29 is 24.5 Å². The number of aromatic hydroxyl groups is 2. The van der Waals surface area contributed by atoms with Gasteiger partial charge in [-0.1, -0.05) is 12.1 Å². The zero-order valence-corrected chi connectivity index (χ0v) is 11.2. The van der Waals surface area contributed by atoms with E-state index in [0.717, 1.165) is 0 Å². The fourth-order valence-electron chi connectivity index (χ4n) is 1.40. The Morgan fingerprint density at radius 1 is 0.900 bits per heavy atom. The van der Waals surface area contributed by atoms with Crippen molar-refractivity contribution in [1.82, 2.24) is 0 Å². The van der Waals surface area contributed by atoms with Crippen LogP contribution in [0.25, 0.3) is 0 Å². The first kappa shape index (κ1) is 15.4. The summed E-state index contributed by atoms with van der Waals surface area (Å²) in [7, 11) is 2.96. The number of hydrogen-bond donors (Lipinski definition) is 2. The van der Waals surface area contributed by atoms with Crippen molar-refractivity contribution in [2.75, 3.05) is 14.2 Å². The Morgan fingerprint density at radius 3 is 2.00 bits per heavy atom. The van der Waals surface area contributed by atoms with Gasteiger partial charge in [0.25, 0.3) is 0 Å². The summed E-state index contributed by atoms with van der Waals surface area (Å²) in [5.41, 5.74) is 0.486. The lowest BCUT2D eigenvalue weighted by Crippen LogP contribution is -1.85. The quantitative estimate of drug-likeness (QED) is 0.843. The standard InChI is InChI=1S/C8H8O3.C7H8O2/c1-11-8-4-6(5-9)2-3-7(8)10;1-9-7-5-3-2-4-6(7)8/h2-5,10H,1H3;2-5,8H,1H3. The minimum Gasteiger partial charge on any atom is -0.504 e. The van der Waals surface area contributed by atoms with Gasteiger partial charge in [0.1, 0.15) is 6.29 Å². The van der Waals surface area contributed by atoms with E-state index in [2.05, 4.69) is 0 Å². The van der Waals surface area contributed by atoms with Gasteiger partial charge >= 0.3 is 0 Å². The SMILES string of the molecule is COc1cc(C=O)ccc1O.COc1ccccc1O. The third kappa shape index (κ3) is 4.20. The van der Waals surface area contributed by atoms with Gasteiger partial charge in [-0.2, -0.15) is 0 Å². The van der Waals surface area contributed by atoms with E-state index in [-0.39, 0.29) is 11.5 Å². The monoisotopic (exact) mass is 276 g/mol. The minimum atomic E-state index is 0.0399. The lowest BCUT2D eigenvalue weighted by Gasteiger charge is -2.01. The normalized spacial score (nSPS) is 9.10. The number of carbonyl (C=O) groups excluding carboxylic acids is 1. The van der Waals surface area contributed by atoms with Crippen LogP contribution in [0.15, 0.2) is 42.5 Å². The Morgan fingerprint density at radius 2 is 1.50 bits per heavy atom. The molecule has 0 aliphatic heterocycles. The molecule has 2 rings (SSSR count). The highest BCUT2D eigenvalue weighted by atomic mass is 16.5. The number of rotatable bonds is 3. The molecule has 0 aromatic heterocycles. The summed E-state index contributed by atoms with van der Waals surface area (Å²) in [4.78, 5) is 10.2. The van der Waals surface area contributed by atoms with Crippen LogP contribution in [0, 0.1) is 0 Å². The fourth-order valence-corrected chi connectivity index (χ4v) is 1.40. The van der Waals surface area contributed by atoms with E-state index in [0.29, 0.717) is 23.3 Å². The number of para-hydroxylation sites is 2. The number of ether oxygens (including phenoxy) is 2. The lowest BCUT2D eigenvalue weighted by molar-refractivity contribution is 0.112. The second-order valence-corrected chi connectivity index (χ2v) is 3.72. The van der Waals surface area contributed by atoms with Crippen LogP contribution < -0.4 is 9.47 Å². The summed E-state index contributed by atoms with van der Waals surface area (Å²) in [6, 6.07) is 11.3. The van der Waals surface area contributed by atoms with Gasteiger partial charge in [0.15, 0.2) is 23.0 Å². The fraction of sp³-hybridized carbons (Fsp3) is 0.133. The molecule has 0 unspecified atom stereocenters. The van der Waals surface area contributed by atoms with Crippen molar-refractivity contribution in [2.45, 2.75) is 0 Å². The number of aldehydes is 1. The molecule has 0 amide bonds. The highest BCUT2D eigenvalue weighted by molar-refractivity contribution is 5.76. The molecule has 0 atom stereocenters. The van der Waals surface area contributed by atoms with Gasteiger partial charge in [0, 0.05) is 5.56 Å². The molecule has 106 valence electrons. The van der Waals surface area contributed by atoms with Crippen LogP contribution in [0.1, 0.15) is 10.4 Å². The Hall–Kier alpha value is -2.69. The second-order valence-electron chi connectivity index (χ2n) is 3.72. The van der Waals surface area contributed by atoms with Crippen LogP contribution >= 0.6 is 0 Å². The molecule has 2 N–H and O–H groups in total. The van der Waals surface area contributed by atoms with E-state index >= 15 is 0 Å². The first-order chi connectivity index (χ1) is 9.62. The van der Waals surface area contributed by atoms with Gasteiger partial charge in [-0.05, 0) is 30.3 Å². The molecule has 5 nitrogen and oxygen atoms in total. The van der Waals surface area contributed by atoms with Crippen LogP contribution in [0.4, 0.5) is 0 Å². The number of hydrogen-bond acceptors (Lipinski definition) is 5. The average Bonchev–Trinajstić information content (AvgIpc) is 2.49. The largest absolute Gasteiger partial charge is 0.504 e. The molecule has 0 saturated carbocycles. The van der Waals surface area contributed by atoms with E-state index < -0.39 is 0 Å². The van der Waals surface area contributed by atoms with Gasteiger partial charge in [-0.15, -0.1) is 0 Å². The molecule has 0 aliphatic rings. The van der Waals surface area contributed by atoms with Crippen LogP contribution in [0.3, 0.4) is 0 Å². The maximum Gasteiger partial charge on any atom is 0.161 e. The first-order valence-corrected chi connectivity index (χ1v) is 5.76. The zero-order valence-electron chi connectivity index (χ0n) is 11.2. The van der Waals surface area contributed by atoms with Crippen LogP contribution in [-0.4, -0.2) is 30.7 Å². The third-order valence-electron chi connectivity index (χ3n) is 2.43. The number of phenols is 2. The van der Waals surface area contributed by atoms with E-state index in [1.54, 1.807) is 24.3 Å². The number of phenolic OH excluding ortho intramolecular Hbond substituents is 2. The Bertz CT molecular complexity index is 566. The molecule has 0 radical (unpaired) electrons. The van der Waals surface area contributed by atoms with E-state index in [9.17, 15) is 4.79 Å². The predicted octanol–water partition coefficient (Wildman–Crippen LogP) is 2.61. The molecular weight excluding hydrogens is 260 g/mol. The number of methoxy groups -OCH3 is 2. The van der Waals surface area contributed by atoms with Gasteiger partial charge < -0.3 is 19.7 Å². The van der Waals surface area contributed by atoms with E-state index in [1.807, 2.05) is 0 Å². The van der Waals surface area contributed by atoms with Crippen molar-refractivity contribution >= 4 is 6.29 Å². The summed E-state index contributed by atoms with van der Waals surface area (Å²) in [5.74, 6) is 1.05. The summed E-state index contributed by atoms with van der Waals surface area (Å²) >= 11 is 0. The highest BCUT2D eigenvalue weighted by Gasteiger charge is 2.00. The van der Waals surface area contributed by atoms with Crippen LogP contribution in [0.2, 0.25) is 0 Å². The maximum absolute atomic E-state index is 10.2. The second kappa shape index (κ2) is 7.68. The van der Waals surface area contributed by atoms with Crippen molar-refractivity contribution in [3.63, 3.8) is 0 Å². The summed E-state index contributed by atoms with van der Waals surface area (Å²) < 4.78 is 9.57. The molecule has 0 heterocycles. The van der Waals surface area contributed by atoms with E-state index in [1.165, 1.54) is 32.4 Å². The predicted molar refractivity (Wildman–Crippen MR) is 74.7 cm³/mol. The van der Waals surface area contributed by atoms with Gasteiger partial charge in [-0.3, -0.25) is 4.79 Å². The maximum atomic E-state index is 10.2. The zero-order chi connectivity index (χ0) is 15.0. The topological polar surface area (TPSA) is 76.0 Å². The molecule has 0 fully saturated rings. The lowest BCUT2D eigenvalue weighted by atomic mass is 10.2. The van der Waals surface area contributed by atoms with E-state index in [4.69, 9.17) is 19.7 Å². The van der Waals surface area contributed by atoms with Gasteiger partial charge in [0.2, 0.25) is 0 Å². The third-order valence-corrected chi connectivity index (χ3v) is 2.43. The smallest absolute Gasteiger partial charge is 0.161 e. The van der Waals surface area contributed by atoms with Crippen molar-refractivity contribution in [1.29, 1.82) is 0 Å². The average molecular weight is 276 g/mol. The summed E-state index contributed by atoms with van der Waals surface area (Å²) in [6.07, 6.45) is 0.696. The molecular formula is C15H16O5. The molecule has 2 aromatic carbocycles. The summed E-state index contributed by atoms with van der Waals surface area (Å²) in [6.45, 7) is 0. The Balaban J connectivity index is 0.000000204. The highest BCUT2D eigenvalue weighted by Crippen LogP contribution is 2.25.